The Morgan fingerprint density at radius 3 is 2.57 bits per heavy atom. The molecule has 2 aromatic carbocycles. The highest BCUT2D eigenvalue weighted by Gasteiger charge is 2.28. The predicted molar refractivity (Wildman–Crippen MR) is 90.3 cm³/mol. The van der Waals surface area contributed by atoms with Gasteiger partial charge in [-0.05, 0) is 42.7 Å². The van der Waals surface area contributed by atoms with Crippen LogP contribution in [0.2, 0.25) is 0 Å². The lowest BCUT2D eigenvalue weighted by Crippen LogP contribution is -2.39. The van der Waals surface area contributed by atoms with Gasteiger partial charge in [-0.25, -0.2) is 0 Å². The molecule has 3 rings (SSSR count). The Kier molecular flexibility index (Phi) is 4.93. The molecule has 0 spiro atoms. The SMILES string of the molecule is NCC1CCCN1C(=O)c1ccc(OCc2ccccc2)cc1. The van der Waals surface area contributed by atoms with Gasteiger partial charge >= 0.3 is 0 Å². The second-order valence-electron chi connectivity index (χ2n) is 5.83. The van der Waals surface area contributed by atoms with Crippen LogP contribution in [-0.2, 0) is 6.61 Å². The van der Waals surface area contributed by atoms with Crippen LogP contribution < -0.4 is 10.5 Å². The summed E-state index contributed by atoms with van der Waals surface area (Å²) < 4.78 is 5.75. The third kappa shape index (κ3) is 3.71. The molecule has 120 valence electrons. The summed E-state index contributed by atoms with van der Waals surface area (Å²) >= 11 is 0. The van der Waals surface area contributed by atoms with Crippen molar-refractivity contribution in [1.29, 1.82) is 0 Å². The van der Waals surface area contributed by atoms with Gasteiger partial charge in [0.2, 0.25) is 0 Å². The van der Waals surface area contributed by atoms with Gasteiger partial charge in [0.25, 0.3) is 5.91 Å². The van der Waals surface area contributed by atoms with E-state index in [1.807, 2.05) is 59.5 Å². The molecule has 0 bridgehead atoms. The molecule has 4 nitrogen and oxygen atoms in total. The van der Waals surface area contributed by atoms with Crippen LogP contribution in [0.15, 0.2) is 54.6 Å². The van der Waals surface area contributed by atoms with E-state index in [1.54, 1.807) is 0 Å². The molecule has 23 heavy (non-hydrogen) atoms. The molecule has 1 unspecified atom stereocenters. The van der Waals surface area contributed by atoms with E-state index in [0.29, 0.717) is 18.7 Å². The number of nitrogens with zero attached hydrogens (tertiary/aromatic N) is 1. The van der Waals surface area contributed by atoms with Crippen LogP contribution in [-0.4, -0.2) is 29.9 Å². The average Bonchev–Trinajstić information content (AvgIpc) is 3.09. The quantitative estimate of drug-likeness (QED) is 0.924. The molecule has 0 radical (unpaired) electrons. The number of carbonyl (C=O) groups excluding carboxylic acids is 1. The van der Waals surface area contributed by atoms with Gasteiger partial charge in [-0.3, -0.25) is 4.79 Å². The largest absolute Gasteiger partial charge is 0.489 e. The highest BCUT2D eigenvalue weighted by Crippen LogP contribution is 2.21. The van der Waals surface area contributed by atoms with E-state index in [2.05, 4.69) is 0 Å². The van der Waals surface area contributed by atoms with Crippen LogP contribution in [0.3, 0.4) is 0 Å². The molecule has 2 aromatic rings. The number of amides is 1. The topological polar surface area (TPSA) is 55.6 Å². The number of nitrogens with two attached hydrogens (primary N) is 1. The van der Waals surface area contributed by atoms with Crippen LogP contribution in [0.5, 0.6) is 5.75 Å². The molecule has 1 aliphatic rings. The first-order chi connectivity index (χ1) is 11.3. The molecule has 1 atom stereocenters. The summed E-state index contributed by atoms with van der Waals surface area (Å²) in [7, 11) is 0. The van der Waals surface area contributed by atoms with E-state index in [-0.39, 0.29) is 11.9 Å². The van der Waals surface area contributed by atoms with E-state index in [0.717, 1.165) is 30.7 Å². The van der Waals surface area contributed by atoms with Gasteiger partial charge in [-0.15, -0.1) is 0 Å². The van der Waals surface area contributed by atoms with Gasteiger partial charge < -0.3 is 15.4 Å². The molecule has 1 saturated heterocycles. The van der Waals surface area contributed by atoms with Crippen molar-refractivity contribution in [2.24, 2.45) is 5.73 Å². The first kappa shape index (κ1) is 15.6. The zero-order valence-corrected chi connectivity index (χ0v) is 13.2. The Morgan fingerprint density at radius 2 is 1.87 bits per heavy atom. The second-order valence-corrected chi connectivity index (χ2v) is 5.83. The van der Waals surface area contributed by atoms with Gasteiger partial charge in [0.05, 0.1) is 0 Å². The van der Waals surface area contributed by atoms with Crippen molar-refractivity contribution in [3.63, 3.8) is 0 Å². The minimum absolute atomic E-state index is 0.0626. The van der Waals surface area contributed by atoms with E-state index >= 15 is 0 Å². The molecular formula is C19H22N2O2. The zero-order chi connectivity index (χ0) is 16.1. The minimum Gasteiger partial charge on any atom is -0.489 e. The van der Waals surface area contributed by atoms with Crippen LogP contribution in [0.25, 0.3) is 0 Å². The summed E-state index contributed by atoms with van der Waals surface area (Å²) in [6, 6.07) is 17.6. The summed E-state index contributed by atoms with van der Waals surface area (Å²) in [5.74, 6) is 0.828. The number of rotatable bonds is 5. The van der Waals surface area contributed by atoms with E-state index in [4.69, 9.17) is 10.5 Å². The van der Waals surface area contributed by atoms with E-state index in [1.165, 1.54) is 0 Å². The van der Waals surface area contributed by atoms with Crippen molar-refractivity contribution in [1.82, 2.24) is 4.90 Å². The number of likely N-dealkylation sites (tertiary alicyclic amines) is 1. The number of carbonyl (C=O) groups is 1. The molecule has 0 saturated carbocycles. The van der Waals surface area contributed by atoms with Gasteiger partial charge in [-0.1, -0.05) is 30.3 Å². The number of ether oxygens (including phenoxy) is 1. The van der Waals surface area contributed by atoms with Gasteiger partial charge in [0.15, 0.2) is 0 Å². The van der Waals surface area contributed by atoms with E-state index < -0.39 is 0 Å². The van der Waals surface area contributed by atoms with Crippen LogP contribution in [0.4, 0.5) is 0 Å². The van der Waals surface area contributed by atoms with Crippen molar-refractivity contribution in [2.45, 2.75) is 25.5 Å². The lowest BCUT2D eigenvalue weighted by Gasteiger charge is -2.23. The molecule has 4 heteroatoms. The molecule has 1 aliphatic heterocycles. The Labute approximate surface area is 136 Å². The molecule has 1 fully saturated rings. The fraction of sp³-hybridized carbons (Fsp3) is 0.316. The summed E-state index contributed by atoms with van der Waals surface area (Å²) in [6.45, 7) is 1.85. The number of hydrogen-bond acceptors (Lipinski definition) is 3. The molecule has 0 aromatic heterocycles. The third-order valence-electron chi connectivity index (χ3n) is 4.26. The summed E-state index contributed by atoms with van der Waals surface area (Å²) in [5.41, 5.74) is 7.56. The molecule has 0 aliphatic carbocycles. The van der Waals surface area contributed by atoms with Crippen LogP contribution >= 0.6 is 0 Å². The third-order valence-corrected chi connectivity index (χ3v) is 4.26. The molecule has 1 heterocycles. The maximum atomic E-state index is 12.5. The fourth-order valence-corrected chi connectivity index (χ4v) is 2.95. The Bertz CT molecular complexity index is 640. The lowest BCUT2D eigenvalue weighted by molar-refractivity contribution is 0.0741. The average molecular weight is 310 g/mol. The fourth-order valence-electron chi connectivity index (χ4n) is 2.95. The molecule has 1 amide bonds. The van der Waals surface area contributed by atoms with Crippen molar-refractivity contribution < 1.29 is 9.53 Å². The van der Waals surface area contributed by atoms with Crippen LogP contribution in [0.1, 0.15) is 28.8 Å². The first-order valence-corrected chi connectivity index (χ1v) is 8.06. The monoisotopic (exact) mass is 310 g/mol. The Balaban J connectivity index is 1.61. The molecule has 2 N–H and O–H groups in total. The zero-order valence-electron chi connectivity index (χ0n) is 13.2. The normalized spacial score (nSPS) is 17.3. The highest BCUT2D eigenvalue weighted by molar-refractivity contribution is 5.94. The molecular weight excluding hydrogens is 288 g/mol. The maximum Gasteiger partial charge on any atom is 0.254 e. The minimum atomic E-state index is 0.0626. The Hall–Kier alpha value is -2.33. The van der Waals surface area contributed by atoms with Crippen molar-refractivity contribution in [2.75, 3.05) is 13.1 Å². The summed E-state index contributed by atoms with van der Waals surface area (Å²) in [6.07, 6.45) is 2.03. The second kappa shape index (κ2) is 7.29. The van der Waals surface area contributed by atoms with Crippen molar-refractivity contribution >= 4 is 5.91 Å². The Morgan fingerprint density at radius 1 is 1.13 bits per heavy atom. The van der Waals surface area contributed by atoms with Crippen molar-refractivity contribution in [3.05, 3.63) is 65.7 Å². The standard InChI is InChI=1S/C19H22N2O2/c20-13-17-7-4-12-21(17)19(22)16-8-10-18(11-9-16)23-14-15-5-2-1-3-6-15/h1-3,5-6,8-11,17H,4,7,12-14,20H2. The van der Waals surface area contributed by atoms with Gasteiger partial charge in [-0.2, -0.15) is 0 Å². The van der Waals surface area contributed by atoms with Crippen molar-refractivity contribution in [3.8, 4) is 5.75 Å². The number of benzene rings is 2. The predicted octanol–water partition coefficient (Wildman–Crippen LogP) is 2.83. The van der Waals surface area contributed by atoms with E-state index in [9.17, 15) is 4.79 Å². The first-order valence-electron chi connectivity index (χ1n) is 8.06. The van der Waals surface area contributed by atoms with Gasteiger partial charge in [0.1, 0.15) is 12.4 Å². The lowest BCUT2D eigenvalue weighted by atomic mass is 10.1. The smallest absolute Gasteiger partial charge is 0.254 e. The van der Waals surface area contributed by atoms with Crippen LogP contribution in [0, 0.1) is 0 Å². The summed E-state index contributed by atoms with van der Waals surface area (Å²) in [5, 5.41) is 0. The van der Waals surface area contributed by atoms with Gasteiger partial charge in [0, 0.05) is 24.7 Å². The highest BCUT2D eigenvalue weighted by atomic mass is 16.5. The summed E-state index contributed by atoms with van der Waals surface area (Å²) in [4.78, 5) is 14.4. The maximum absolute atomic E-state index is 12.5. The number of hydrogen-bond donors (Lipinski definition) is 1.